The molecule has 0 heterocycles. The number of rotatable bonds is 2. The SMILES string of the molecule is [CH]CC(C)(C)C[CH]. The van der Waals surface area contributed by atoms with Gasteiger partial charge in [-0.1, -0.05) is 13.8 Å². The summed E-state index contributed by atoms with van der Waals surface area (Å²) in [5, 5.41) is 0. The second-order valence-electron chi connectivity index (χ2n) is 2.57. The van der Waals surface area contributed by atoms with Crippen molar-refractivity contribution in [3.05, 3.63) is 13.8 Å². The van der Waals surface area contributed by atoms with Crippen molar-refractivity contribution in [3.63, 3.8) is 0 Å². The summed E-state index contributed by atoms with van der Waals surface area (Å²) in [4.78, 5) is 0. The van der Waals surface area contributed by atoms with E-state index in [4.69, 9.17) is 13.8 Å². The predicted octanol–water partition coefficient (Wildman–Crippen LogP) is 2.21. The molecule has 0 saturated heterocycles. The maximum absolute atomic E-state index is 5.34. The van der Waals surface area contributed by atoms with Gasteiger partial charge in [-0.05, 0) is 32.1 Å². The Morgan fingerprint density at radius 2 is 1.43 bits per heavy atom. The largest absolute Gasteiger partial charge is 0.0599 e. The van der Waals surface area contributed by atoms with Crippen LogP contribution in [-0.2, 0) is 0 Å². The van der Waals surface area contributed by atoms with E-state index < -0.39 is 0 Å². The first-order valence-electron chi connectivity index (χ1n) is 2.52. The fourth-order valence-corrected chi connectivity index (χ4v) is 0.0833. The first-order chi connectivity index (χ1) is 3.12. The molecule has 0 aromatic rings. The molecule has 0 aliphatic carbocycles. The summed E-state index contributed by atoms with van der Waals surface area (Å²) in [6, 6.07) is 0. The molecule has 0 aliphatic rings. The predicted molar refractivity (Wildman–Crippen MR) is 31.6 cm³/mol. The molecule has 0 rings (SSSR count). The van der Waals surface area contributed by atoms with Gasteiger partial charge in [-0.25, -0.2) is 0 Å². The fraction of sp³-hybridized carbons (Fsp3) is 0.714. The van der Waals surface area contributed by atoms with Crippen LogP contribution in [0.1, 0.15) is 26.7 Å². The Balaban J connectivity index is 3.36. The summed E-state index contributed by atoms with van der Waals surface area (Å²) in [7, 11) is 0. The average Bonchev–Trinajstić information content (AvgIpc) is 1.68. The molecule has 0 aromatic carbocycles. The van der Waals surface area contributed by atoms with E-state index in [-0.39, 0.29) is 5.41 Å². The lowest BCUT2D eigenvalue weighted by atomic mass is 9.88. The van der Waals surface area contributed by atoms with Crippen molar-refractivity contribution in [3.8, 4) is 0 Å². The Hall–Kier alpha value is 0. The summed E-state index contributed by atoms with van der Waals surface area (Å²) in [6.45, 7) is 14.8. The van der Waals surface area contributed by atoms with Crippen molar-refractivity contribution < 1.29 is 0 Å². The molecule has 0 aliphatic heterocycles. The third-order valence-corrected chi connectivity index (χ3v) is 1.11. The summed E-state index contributed by atoms with van der Waals surface area (Å²) >= 11 is 0. The van der Waals surface area contributed by atoms with E-state index in [1.807, 2.05) is 13.8 Å². The first kappa shape index (κ1) is 7.00. The van der Waals surface area contributed by atoms with Crippen LogP contribution in [0, 0.1) is 19.3 Å². The van der Waals surface area contributed by atoms with Crippen LogP contribution in [0.15, 0.2) is 0 Å². The lowest BCUT2D eigenvalue weighted by Crippen LogP contribution is -2.06. The summed E-state index contributed by atoms with van der Waals surface area (Å²) in [5.41, 5.74) is 0.139. The minimum Gasteiger partial charge on any atom is -0.0599 e. The first-order valence-corrected chi connectivity index (χ1v) is 2.52. The van der Waals surface area contributed by atoms with E-state index in [9.17, 15) is 0 Å². The highest BCUT2D eigenvalue weighted by Crippen LogP contribution is 2.22. The lowest BCUT2D eigenvalue weighted by molar-refractivity contribution is 0.374. The van der Waals surface area contributed by atoms with E-state index in [1.165, 1.54) is 0 Å². The molecule has 7 heavy (non-hydrogen) atoms. The number of hydrogen-bond acceptors (Lipinski definition) is 0. The molecule has 0 atom stereocenters. The van der Waals surface area contributed by atoms with Crippen molar-refractivity contribution in [1.82, 2.24) is 0 Å². The second kappa shape index (κ2) is 2.34. The van der Waals surface area contributed by atoms with Gasteiger partial charge in [-0.2, -0.15) is 0 Å². The number of hydrogen-bond donors (Lipinski definition) is 0. The summed E-state index contributed by atoms with van der Waals surface area (Å²) < 4.78 is 0. The highest BCUT2D eigenvalue weighted by atomic mass is 14.1. The van der Waals surface area contributed by atoms with E-state index in [2.05, 4.69) is 0 Å². The van der Waals surface area contributed by atoms with Gasteiger partial charge in [0.1, 0.15) is 0 Å². The normalized spacial score (nSPS) is 12.0. The zero-order valence-corrected chi connectivity index (χ0v) is 5.07. The van der Waals surface area contributed by atoms with Gasteiger partial charge in [0.15, 0.2) is 0 Å². The maximum Gasteiger partial charge on any atom is -0.0346 e. The Morgan fingerprint density at radius 3 is 1.43 bits per heavy atom. The standard InChI is InChI=1S/C7H12/c1-5-7(3,4)6-2/h1-2H,5-6H2,3-4H3. The van der Waals surface area contributed by atoms with Gasteiger partial charge in [0.25, 0.3) is 0 Å². The molecular weight excluding hydrogens is 84.1 g/mol. The van der Waals surface area contributed by atoms with Crippen molar-refractivity contribution in [2.24, 2.45) is 5.41 Å². The molecule has 4 radical (unpaired) electrons. The van der Waals surface area contributed by atoms with E-state index in [1.54, 1.807) is 0 Å². The van der Waals surface area contributed by atoms with Gasteiger partial charge in [-0.3, -0.25) is 0 Å². The topological polar surface area (TPSA) is 0 Å². The monoisotopic (exact) mass is 96.1 g/mol. The molecule has 0 saturated carbocycles. The molecule has 0 amide bonds. The minimum absolute atomic E-state index is 0.139. The Kier molecular flexibility index (Phi) is 2.34. The van der Waals surface area contributed by atoms with Crippen molar-refractivity contribution in [2.45, 2.75) is 26.7 Å². The van der Waals surface area contributed by atoms with Crippen LogP contribution < -0.4 is 0 Å². The van der Waals surface area contributed by atoms with Gasteiger partial charge in [-0.15, -0.1) is 0 Å². The third kappa shape index (κ3) is 2.67. The smallest absolute Gasteiger partial charge is 0.0346 e. The van der Waals surface area contributed by atoms with Gasteiger partial charge < -0.3 is 0 Å². The van der Waals surface area contributed by atoms with E-state index in [0.717, 1.165) is 0 Å². The van der Waals surface area contributed by atoms with Crippen LogP contribution in [0.2, 0.25) is 0 Å². The highest BCUT2D eigenvalue weighted by molar-refractivity contribution is 4.69. The Labute approximate surface area is 46.9 Å². The molecule has 0 unspecified atom stereocenters. The van der Waals surface area contributed by atoms with Gasteiger partial charge in [0.05, 0.1) is 0 Å². The van der Waals surface area contributed by atoms with E-state index in [0.29, 0.717) is 12.8 Å². The van der Waals surface area contributed by atoms with E-state index >= 15 is 0 Å². The molecule has 0 N–H and O–H groups in total. The summed E-state index contributed by atoms with van der Waals surface area (Å²) in [5.74, 6) is 0. The third-order valence-electron chi connectivity index (χ3n) is 1.11. The average molecular weight is 96.2 g/mol. The Morgan fingerprint density at radius 1 is 1.14 bits per heavy atom. The van der Waals surface area contributed by atoms with Crippen LogP contribution in [0.3, 0.4) is 0 Å². The quantitative estimate of drug-likeness (QED) is 0.494. The zero-order chi connectivity index (χ0) is 5.91. The molecule has 0 nitrogen and oxygen atoms in total. The van der Waals surface area contributed by atoms with Crippen LogP contribution in [0.5, 0.6) is 0 Å². The molecule has 0 spiro atoms. The minimum atomic E-state index is 0.139. The molecule has 0 heteroatoms. The van der Waals surface area contributed by atoms with Gasteiger partial charge in [0.2, 0.25) is 0 Å². The molecular formula is C7H12. The van der Waals surface area contributed by atoms with Crippen LogP contribution in [-0.4, -0.2) is 0 Å². The molecule has 0 aromatic heterocycles. The fourth-order valence-electron chi connectivity index (χ4n) is 0.0833. The lowest BCUT2D eigenvalue weighted by Gasteiger charge is -2.18. The van der Waals surface area contributed by atoms with Gasteiger partial charge in [0, 0.05) is 0 Å². The zero-order valence-electron chi connectivity index (χ0n) is 5.07. The Bertz CT molecular complexity index is 38.0. The maximum atomic E-state index is 5.34. The van der Waals surface area contributed by atoms with Crippen LogP contribution >= 0.6 is 0 Å². The van der Waals surface area contributed by atoms with Crippen molar-refractivity contribution in [1.29, 1.82) is 0 Å². The second-order valence-corrected chi connectivity index (χ2v) is 2.57. The van der Waals surface area contributed by atoms with Crippen molar-refractivity contribution >= 4 is 0 Å². The summed E-state index contributed by atoms with van der Waals surface area (Å²) in [6.07, 6.45) is 1.34. The van der Waals surface area contributed by atoms with Crippen molar-refractivity contribution in [2.75, 3.05) is 0 Å². The molecule has 40 valence electrons. The molecule has 0 fully saturated rings. The van der Waals surface area contributed by atoms with Crippen LogP contribution in [0.4, 0.5) is 0 Å². The van der Waals surface area contributed by atoms with Gasteiger partial charge >= 0.3 is 0 Å². The highest BCUT2D eigenvalue weighted by Gasteiger charge is 2.10. The van der Waals surface area contributed by atoms with Crippen LogP contribution in [0.25, 0.3) is 0 Å². The molecule has 0 bridgehead atoms.